The van der Waals surface area contributed by atoms with E-state index in [1.807, 2.05) is 6.08 Å². The van der Waals surface area contributed by atoms with Gasteiger partial charge in [-0.05, 0) is 103 Å². The third-order valence-electron chi connectivity index (χ3n) is 9.67. The fourth-order valence-electron chi connectivity index (χ4n) is 7.99. The molecule has 4 aliphatic carbocycles. The molecule has 6 atom stereocenters. The van der Waals surface area contributed by atoms with Crippen molar-refractivity contribution in [1.82, 2.24) is 0 Å². The van der Waals surface area contributed by atoms with Gasteiger partial charge >= 0.3 is 0 Å². The average Bonchev–Trinajstić information content (AvgIpc) is 2.98. The lowest BCUT2D eigenvalue weighted by atomic mass is 9.45. The largest absolute Gasteiger partial charge is 0.294 e. The zero-order valence-electron chi connectivity index (χ0n) is 18.2. The maximum absolute atomic E-state index is 13.5. The molecule has 0 heterocycles. The molecule has 0 bridgehead atoms. The predicted molar refractivity (Wildman–Crippen MR) is 118 cm³/mol. The van der Waals surface area contributed by atoms with E-state index in [0.29, 0.717) is 23.0 Å². The number of hydrogen-bond donors (Lipinski definition) is 0. The summed E-state index contributed by atoms with van der Waals surface area (Å²) in [7, 11) is 0. The summed E-state index contributed by atoms with van der Waals surface area (Å²) in [5.41, 5.74) is 2.19. The van der Waals surface area contributed by atoms with Crippen LogP contribution < -0.4 is 0 Å². The normalized spacial score (nSPS) is 41.8. The quantitative estimate of drug-likeness (QED) is 0.316. The Hall–Kier alpha value is -1.97. The van der Waals surface area contributed by atoms with Gasteiger partial charge in [0.15, 0.2) is 5.78 Å². The van der Waals surface area contributed by atoms with Crippen LogP contribution in [-0.2, 0) is 4.79 Å². The van der Waals surface area contributed by atoms with Crippen LogP contribution in [0, 0.1) is 44.6 Å². The number of benzene rings is 1. The first kappa shape index (κ1) is 20.0. The van der Waals surface area contributed by atoms with Crippen molar-refractivity contribution < 1.29 is 9.72 Å². The highest BCUT2D eigenvalue weighted by molar-refractivity contribution is 6.05. The van der Waals surface area contributed by atoms with Crippen molar-refractivity contribution in [3.8, 4) is 0 Å². The summed E-state index contributed by atoms with van der Waals surface area (Å²) >= 11 is 0. The molecule has 160 valence electrons. The number of carbonyl (C=O) groups is 1. The van der Waals surface area contributed by atoms with Crippen molar-refractivity contribution in [2.24, 2.45) is 34.5 Å². The average molecular weight is 408 g/mol. The van der Waals surface area contributed by atoms with Crippen LogP contribution in [0.2, 0.25) is 0 Å². The Balaban J connectivity index is 1.43. The number of nitro groups is 1. The first-order valence-electron chi connectivity index (χ1n) is 11.8. The van der Waals surface area contributed by atoms with Crippen LogP contribution in [0.25, 0.3) is 6.08 Å². The van der Waals surface area contributed by atoms with E-state index in [2.05, 4.69) is 13.8 Å². The number of fused-ring (bicyclic) bond motifs is 5. The number of nitrogens with zero attached hydrogens (tertiary/aromatic N) is 1. The van der Waals surface area contributed by atoms with Gasteiger partial charge in [0.1, 0.15) is 0 Å². The van der Waals surface area contributed by atoms with Crippen LogP contribution in [0.15, 0.2) is 29.8 Å². The van der Waals surface area contributed by atoms with Crippen molar-refractivity contribution >= 4 is 17.5 Å². The van der Waals surface area contributed by atoms with Crippen LogP contribution in [0.4, 0.5) is 5.69 Å². The lowest BCUT2D eigenvalue weighted by Crippen LogP contribution is -2.52. The summed E-state index contributed by atoms with van der Waals surface area (Å²) in [6, 6.07) is 6.59. The van der Waals surface area contributed by atoms with Gasteiger partial charge in [-0.1, -0.05) is 26.7 Å². The molecule has 0 saturated heterocycles. The Morgan fingerprint density at radius 3 is 2.50 bits per heavy atom. The van der Waals surface area contributed by atoms with E-state index < -0.39 is 0 Å². The first-order valence-corrected chi connectivity index (χ1v) is 11.8. The fraction of sp³-hybridized carbons (Fsp3) is 0.654. The number of carbonyl (C=O) groups excluding carboxylic acids is 1. The maximum Gasteiger partial charge on any atom is 0.269 e. The van der Waals surface area contributed by atoms with Crippen molar-refractivity contribution in [3.63, 3.8) is 0 Å². The minimum Gasteiger partial charge on any atom is -0.294 e. The Labute approximate surface area is 179 Å². The van der Waals surface area contributed by atoms with Gasteiger partial charge in [-0.15, -0.1) is 0 Å². The zero-order chi connectivity index (χ0) is 21.1. The minimum absolute atomic E-state index is 0.0934. The van der Waals surface area contributed by atoms with E-state index >= 15 is 0 Å². The van der Waals surface area contributed by atoms with Gasteiger partial charge < -0.3 is 0 Å². The number of rotatable bonds is 2. The molecule has 0 aromatic heterocycles. The molecule has 6 unspecified atom stereocenters. The second-order valence-electron chi connectivity index (χ2n) is 10.9. The molecule has 4 nitrogen and oxygen atoms in total. The third kappa shape index (κ3) is 2.90. The molecular formula is C26H33NO3. The Kier molecular flexibility index (Phi) is 4.68. The Bertz CT molecular complexity index is 903. The standard InChI is InChI=1S/C26H33NO3/c1-25-13-4-3-5-19(25)8-11-21-22(25)12-14-26(2)23(21)16-18(24(26)28)15-17-6-9-20(10-7-17)27(29)30/h6-7,9-10,15,19,21-23H,3-5,8,11-14,16H2,1-2H3/b18-15-. The Morgan fingerprint density at radius 1 is 1.00 bits per heavy atom. The summed E-state index contributed by atoms with van der Waals surface area (Å²) in [5, 5.41) is 10.9. The molecule has 4 aliphatic rings. The number of Topliss-reactive ketones (excluding diaryl/α,β-unsaturated/α-hetero) is 1. The van der Waals surface area contributed by atoms with Gasteiger partial charge in [-0.2, -0.15) is 0 Å². The van der Waals surface area contributed by atoms with Crippen molar-refractivity contribution in [2.75, 3.05) is 0 Å². The van der Waals surface area contributed by atoms with E-state index in [1.165, 1.54) is 57.1 Å². The van der Waals surface area contributed by atoms with Gasteiger partial charge in [-0.3, -0.25) is 14.9 Å². The summed E-state index contributed by atoms with van der Waals surface area (Å²) in [6.45, 7) is 4.79. The molecule has 1 aromatic rings. The predicted octanol–water partition coefficient (Wildman–Crippen LogP) is 6.59. The summed E-state index contributed by atoms with van der Waals surface area (Å²) in [5.74, 6) is 3.15. The summed E-state index contributed by atoms with van der Waals surface area (Å²) in [6.07, 6.45) is 13.3. The highest BCUT2D eigenvalue weighted by atomic mass is 16.6. The Morgan fingerprint density at radius 2 is 1.77 bits per heavy atom. The van der Waals surface area contributed by atoms with E-state index in [9.17, 15) is 14.9 Å². The van der Waals surface area contributed by atoms with E-state index in [1.54, 1.807) is 12.1 Å². The fourth-order valence-corrected chi connectivity index (χ4v) is 7.99. The number of hydrogen-bond acceptors (Lipinski definition) is 3. The van der Waals surface area contributed by atoms with Gasteiger partial charge in [0.25, 0.3) is 5.69 Å². The lowest BCUT2D eigenvalue weighted by Gasteiger charge is -2.59. The summed E-state index contributed by atoms with van der Waals surface area (Å²) in [4.78, 5) is 24.0. The van der Waals surface area contributed by atoms with Gasteiger partial charge in [0.2, 0.25) is 0 Å². The van der Waals surface area contributed by atoms with E-state index in [-0.39, 0.29) is 16.0 Å². The molecule has 4 heteroatoms. The summed E-state index contributed by atoms with van der Waals surface area (Å²) < 4.78 is 0. The molecule has 1 aromatic carbocycles. The van der Waals surface area contributed by atoms with Gasteiger partial charge in [0, 0.05) is 17.5 Å². The molecule has 0 amide bonds. The zero-order valence-corrected chi connectivity index (χ0v) is 18.2. The molecule has 0 radical (unpaired) electrons. The second kappa shape index (κ2) is 7.03. The van der Waals surface area contributed by atoms with Crippen LogP contribution in [0.3, 0.4) is 0 Å². The highest BCUT2D eigenvalue weighted by Gasteiger charge is 2.60. The topological polar surface area (TPSA) is 60.2 Å². The number of non-ortho nitro benzene ring substituents is 1. The van der Waals surface area contributed by atoms with E-state index in [4.69, 9.17) is 0 Å². The number of allylic oxidation sites excluding steroid dienone is 1. The van der Waals surface area contributed by atoms with Gasteiger partial charge in [-0.25, -0.2) is 0 Å². The molecule has 5 rings (SSSR count). The number of nitro benzene ring substituents is 1. The SMILES string of the molecule is CC12CCC3C(CCC4CCCCC43C)C1C/C(=C/c1ccc([N+](=O)[O-])cc1)C2=O. The van der Waals surface area contributed by atoms with Gasteiger partial charge in [0.05, 0.1) is 4.92 Å². The van der Waals surface area contributed by atoms with Crippen molar-refractivity contribution in [3.05, 3.63) is 45.5 Å². The monoisotopic (exact) mass is 407 g/mol. The molecule has 0 N–H and O–H groups in total. The first-order chi connectivity index (χ1) is 14.3. The lowest BCUT2D eigenvalue weighted by molar-refractivity contribution is -0.384. The van der Waals surface area contributed by atoms with Crippen LogP contribution in [0.1, 0.15) is 77.2 Å². The van der Waals surface area contributed by atoms with Crippen LogP contribution >= 0.6 is 0 Å². The molecule has 30 heavy (non-hydrogen) atoms. The highest BCUT2D eigenvalue weighted by Crippen LogP contribution is 2.66. The van der Waals surface area contributed by atoms with Crippen molar-refractivity contribution in [1.29, 1.82) is 0 Å². The molecule has 0 aliphatic heterocycles. The van der Waals surface area contributed by atoms with E-state index in [0.717, 1.165) is 35.8 Å². The van der Waals surface area contributed by atoms with Crippen LogP contribution in [-0.4, -0.2) is 10.7 Å². The molecular weight excluding hydrogens is 374 g/mol. The van der Waals surface area contributed by atoms with Crippen LogP contribution in [0.5, 0.6) is 0 Å². The second-order valence-corrected chi connectivity index (χ2v) is 10.9. The molecule has 0 spiro atoms. The molecule has 4 fully saturated rings. The minimum atomic E-state index is -0.379. The van der Waals surface area contributed by atoms with Crippen molar-refractivity contribution in [2.45, 2.75) is 71.6 Å². The molecule has 4 saturated carbocycles. The smallest absolute Gasteiger partial charge is 0.269 e. The number of ketones is 1. The maximum atomic E-state index is 13.5. The third-order valence-corrected chi connectivity index (χ3v) is 9.67.